The monoisotopic (exact) mass is 364 g/mol. The summed E-state index contributed by atoms with van der Waals surface area (Å²) in [5.74, 6) is 0.681. The van der Waals surface area contributed by atoms with Crippen LogP contribution in [0.4, 0.5) is 5.69 Å². The second-order valence-corrected chi connectivity index (χ2v) is 6.45. The number of benzene rings is 2. The standard InChI is InChI=1S/C18H18Cl2N2O2/c1-24-17-6-5-15(12-16(17)20)21-7-9-22(10-8-21)18(23)13-3-2-4-14(19)11-13/h2-6,11-12H,7-10H2,1H3. The summed E-state index contributed by atoms with van der Waals surface area (Å²) in [6.07, 6.45) is 0. The molecule has 1 aliphatic heterocycles. The van der Waals surface area contributed by atoms with E-state index in [1.807, 2.05) is 23.1 Å². The Labute approximate surface area is 151 Å². The number of carbonyl (C=O) groups excluding carboxylic acids is 1. The van der Waals surface area contributed by atoms with Gasteiger partial charge in [0.15, 0.2) is 0 Å². The van der Waals surface area contributed by atoms with E-state index in [4.69, 9.17) is 27.9 Å². The fourth-order valence-corrected chi connectivity index (χ4v) is 3.27. The van der Waals surface area contributed by atoms with Gasteiger partial charge in [-0.25, -0.2) is 0 Å². The average molecular weight is 365 g/mol. The highest BCUT2D eigenvalue weighted by Gasteiger charge is 2.22. The quantitative estimate of drug-likeness (QED) is 0.825. The van der Waals surface area contributed by atoms with Crippen LogP contribution in [-0.2, 0) is 0 Å². The Bertz CT molecular complexity index is 744. The van der Waals surface area contributed by atoms with Gasteiger partial charge < -0.3 is 14.5 Å². The van der Waals surface area contributed by atoms with E-state index in [2.05, 4.69) is 4.90 Å². The zero-order valence-corrected chi connectivity index (χ0v) is 14.8. The molecular formula is C18H18Cl2N2O2. The third kappa shape index (κ3) is 3.60. The molecule has 2 aromatic carbocycles. The second-order valence-electron chi connectivity index (χ2n) is 5.61. The van der Waals surface area contributed by atoms with Crippen LogP contribution in [0.1, 0.15) is 10.4 Å². The second kappa shape index (κ2) is 7.32. The number of piperazine rings is 1. The minimum atomic E-state index is 0.0184. The highest BCUT2D eigenvalue weighted by Crippen LogP contribution is 2.29. The number of hydrogen-bond acceptors (Lipinski definition) is 3. The van der Waals surface area contributed by atoms with Gasteiger partial charge in [0.25, 0.3) is 5.91 Å². The maximum absolute atomic E-state index is 12.5. The van der Waals surface area contributed by atoms with Crippen LogP contribution in [0.2, 0.25) is 10.0 Å². The van der Waals surface area contributed by atoms with Crippen molar-refractivity contribution in [2.45, 2.75) is 0 Å². The Morgan fingerprint density at radius 3 is 2.42 bits per heavy atom. The number of anilines is 1. The van der Waals surface area contributed by atoms with Gasteiger partial charge in [-0.05, 0) is 36.4 Å². The van der Waals surface area contributed by atoms with Crippen LogP contribution in [0.5, 0.6) is 5.75 Å². The molecule has 3 rings (SSSR count). The first-order valence-electron chi connectivity index (χ1n) is 7.72. The van der Waals surface area contributed by atoms with E-state index in [0.717, 1.165) is 18.8 Å². The van der Waals surface area contributed by atoms with Crippen molar-refractivity contribution in [1.82, 2.24) is 4.90 Å². The van der Waals surface area contributed by atoms with Crippen molar-refractivity contribution in [3.05, 3.63) is 58.1 Å². The fourth-order valence-electron chi connectivity index (χ4n) is 2.82. The lowest BCUT2D eigenvalue weighted by Crippen LogP contribution is -2.48. The Hall–Kier alpha value is -1.91. The first-order chi connectivity index (χ1) is 11.6. The van der Waals surface area contributed by atoms with Crippen LogP contribution in [0.3, 0.4) is 0 Å². The summed E-state index contributed by atoms with van der Waals surface area (Å²) in [5, 5.41) is 1.17. The molecule has 4 nitrogen and oxygen atoms in total. The number of methoxy groups -OCH3 is 1. The first kappa shape index (κ1) is 16.9. The molecule has 0 atom stereocenters. The number of rotatable bonds is 3. The maximum Gasteiger partial charge on any atom is 0.254 e. The molecule has 0 aliphatic carbocycles. The van der Waals surface area contributed by atoms with E-state index in [0.29, 0.717) is 34.4 Å². The fraction of sp³-hybridized carbons (Fsp3) is 0.278. The lowest BCUT2D eigenvalue weighted by molar-refractivity contribution is 0.0747. The molecule has 0 unspecified atom stereocenters. The number of halogens is 2. The smallest absolute Gasteiger partial charge is 0.254 e. The minimum absolute atomic E-state index is 0.0184. The Morgan fingerprint density at radius 1 is 1.04 bits per heavy atom. The largest absolute Gasteiger partial charge is 0.495 e. The zero-order chi connectivity index (χ0) is 17.1. The average Bonchev–Trinajstić information content (AvgIpc) is 2.61. The predicted octanol–water partition coefficient (Wildman–Crippen LogP) is 3.96. The van der Waals surface area contributed by atoms with Gasteiger partial charge >= 0.3 is 0 Å². The molecule has 0 saturated carbocycles. The number of amides is 1. The number of nitrogens with zero attached hydrogens (tertiary/aromatic N) is 2. The molecule has 24 heavy (non-hydrogen) atoms. The summed E-state index contributed by atoms with van der Waals surface area (Å²) in [6, 6.07) is 12.8. The molecular weight excluding hydrogens is 347 g/mol. The normalized spacial score (nSPS) is 14.6. The van der Waals surface area contributed by atoms with E-state index in [-0.39, 0.29) is 5.91 Å². The van der Waals surface area contributed by atoms with Gasteiger partial charge in [-0.15, -0.1) is 0 Å². The molecule has 6 heteroatoms. The molecule has 2 aromatic rings. The molecule has 1 amide bonds. The molecule has 0 aromatic heterocycles. The third-order valence-electron chi connectivity index (χ3n) is 4.14. The highest BCUT2D eigenvalue weighted by molar-refractivity contribution is 6.32. The molecule has 1 fully saturated rings. The molecule has 0 spiro atoms. The van der Waals surface area contributed by atoms with Gasteiger partial charge in [0.05, 0.1) is 12.1 Å². The predicted molar refractivity (Wildman–Crippen MR) is 97.6 cm³/mol. The number of carbonyl (C=O) groups is 1. The summed E-state index contributed by atoms with van der Waals surface area (Å²) >= 11 is 12.2. The van der Waals surface area contributed by atoms with Crippen LogP contribution in [0.25, 0.3) is 0 Å². The Balaban J connectivity index is 1.65. The topological polar surface area (TPSA) is 32.8 Å². The van der Waals surface area contributed by atoms with Crippen LogP contribution in [0, 0.1) is 0 Å². The van der Waals surface area contributed by atoms with Gasteiger partial charge in [-0.2, -0.15) is 0 Å². The van der Waals surface area contributed by atoms with Crippen molar-refractivity contribution in [1.29, 1.82) is 0 Å². The summed E-state index contributed by atoms with van der Waals surface area (Å²) < 4.78 is 5.18. The van der Waals surface area contributed by atoms with E-state index in [9.17, 15) is 4.79 Å². The van der Waals surface area contributed by atoms with Crippen LogP contribution < -0.4 is 9.64 Å². The lowest BCUT2D eigenvalue weighted by atomic mass is 10.1. The van der Waals surface area contributed by atoms with Gasteiger partial charge in [-0.1, -0.05) is 29.3 Å². The summed E-state index contributed by atoms with van der Waals surface area (Å²) in [5.41, 5.74) is 1.67. The van der Waals surface area contributed by atoms with Gasteiger partial charge in [0, 0.05) is 42.5 Å². The van der Waals surface area contributed by atoms with E-state index >= 15 is 0 Å². The number of hydrogen-bond donors (Lipinski definition) is 0. The first-order valence-corrected chi connectivity index (χ1v) is 8.47. The molecule has 1 saturated heterocycles. The van der Waals surface area contributed by atoms with Crippen LogP contribution in [-0.4, -0.2) is 44.1 Å². The Kier molecular flexibility index (Phi) is 5.17. The number of ether oxygens (including phenoxy) is 1. The molecule has 0 radical (unpaired) electrons. The van der Waals surface area contributed by atoms with Crippen molar-refractivity contribution in [3.63, 3.8) is 0 Å². The molecule has 0 bridgehead atoms. The van der Waals surface area contributed by atoms with Crippen molar-refractivity contribution >= 4 is 34.8 Å². The van der Waals surface area contributed by atoms with Crippen LogP contribution >= 0.6 is 23.2 Å². The molecule has 126 valence electrons. The molecule has 0 N–H and O–H groups in total. The van der Waals surface area contributed by atoms with Gasteiger partial charge in [0.2, 0.25) is 0 Å². The van der Waals surface area contributed by atoms with Gasteiger partial charge in [-0.3, -0.25) is 4.79 Å². The van der Waals surface area contributed by atoms with Crippen molar-refractivity contribution < 1.29 is 9.53 Å². The molecule has 1 heterocycles. The Morgan fingerprint density at radius 2 is 1.79 bits per heavy atom. The van der Waals surface area contributed by atoms with Crippen LogP contribution in [0.15, 0.2) is 42.5 Å². The highest BCUT2D eigenvalue weighted by atomic mass is 35.5. The van der Waals surface area contributed by atoms with E-state index in [1.165, 1.54) is 0 Å². The SMILES string of the molecule is COc1ccc(N2CCN(C(=O)c3cccc(Cl)c3)CC2)cc1Cl. The summed E-state index contributed by atoms with van der Waals surface area (Å²) in [7, 11) is 1.60. The van der Waals surface area contributed by atoms with Crippen molar-refractivity contribution in [2.24, 2.45) is 0 Å². The van der Waals surface area contributed by atoms with E-state index in [1.54, 1.807) is 31.4 Å². The van der Waals surface area contributed by atoms with Crippen molar-refractivity contribution in [3.8, 4) is 5.75 Å². The van der Waals surface area contributed by atoms with Gasteiger partial charge in [0.1, 0.15) is 5.75 Å². The summed E-state index contributed by atoms with van der Waals surface area (Å²) in [6.45, 7) is 2.84. The van der Waals surface area contributed by atoms with E-state index < -0.39 is 0 Å². The summed E-state index contributed by atoms with van der Waals surface area (Å²) in [4.78, 5) is 16.6. The zero-order valence-electron chi connectivity index (χ0n) is 13.3. The minimum Gasteiger partial charge on any atom is -0.495 e. The third-order valence-corrected chi connectivity index (χ3v) is 4.67. The van der Waals surface area contributed by atoms with Crippen molar-refractivity contribution in [2.75, 3.05) is 38.2 Å². The molecule has 1 aliphatic rings. The lowest BCUT2D eigenvalue weighted by Gasteiger charge is -2.36. The maximum atomic E-state index is 12.5.